The number of methoxy groups -OCH3 is 2. The zero-order chi connectivity index (χ0) is 15.8. The Morgan fingerprint density at radius 2 is 1.73 bits per heavy atom. The number of nitrogens with one attached hydrogen (secondary N) is 1. The van der Waals surface area contributed by atoms with Crippen molar-refractivity contribution >= 4 is 11.4 Å². The van der Waals surface area contributed by atoms with Crippen LogP contribution in [0.5, 0.6) is 11.5 Å². The molecule has 0 heterocycles. The highest BCUT2D eigenvalue weighted by molar-refractivity contribution is 5.68. The van der Waals surface area contributed by atoms with Gasteiger partial charge in [-0.05, 0) is 29.8 Å². The van der Waals surface area contributed by atoms with E-state index in [-0.39, 0.29) is 0 Å². The van der Waals surface area contributed by atoms with Crippen molar-refractivity contribution in [3.8, 4) is 11.5 Å². The number of ether oxygens (including phenoxy) is 3. The van der Waals surface area contributed by atoms with Crippen LogP contribution in [0.25, 0.3) is 0 Å². The van der Waals surface area contributed by atoms with Crippen LogP contribution < -0.4 is 20.5 Å². The summed E-state index contributed by atoms with van der Waals surface area (Å²) in [4.78, 5) is 0. The molecule has 0 aliphatic heterocycles. The second kappa shape index (κ2) is 8.14. The molecule has 0 aliphatic carbocycles. The van der Waals surface area contributed by atoms with Gasteiger partial charge in [0.15, 0.2) is 0 Å². The highest BCUT2D eigenvalue weighted by atomic mass is 16.5. The second-order valence-electron chi connectivity index (χ2n) is 4.81. The van der Waals surface area contributed by atoms with Crippen molar-refractivity contribution in [2.45, 2.75) is 6.61 Å². The molecule has 2 aromatic rings. The number of hydrogen-bond donors (Lipinski definition) is 2. The summed E-state index contributed by atoms with van der Waals surface area (Å²) in [5, 5.41) is 3.21. The van der Waals surface area contributed by atoms with Crippen molar-refractivity contribution in [2.75, 3.05) is 38.4 Å². The van der Waals surface area contributed by atoms with Crippen LogP contribution in [0.2, 0.25) is 0 Å². The third-order valence-corrected chi connectivity index (χ3v) is 3.21. The van der Waals surface area contributed by atoms with E-state index in [9.17, 15) is 0 Å². The third kappa shape index (κ3) is 4.56. The Morgan fingerprint density at radius 3 is 2.36 bits per heavy atom. The van der Waals surface area contributed by atoms with Gasteiger partial charge in [-0.25, -0.2) is 0 Å². The van der Waals surface area contributed by atoms with Gasteiger partial charge in [0, 0.05) is 19.7 Å². The highest BCUT2D eigenvalue weighted by Gasteiger charge is 2.02. The average Bonchev–Trinajstić information content (AvgIpc) is 2.55. The van der Waals surface area contributed by atoms with E-state index in [1.54, 1.807) is 14.2 Å². The van der Waals surface area contributed by atoms with E-state index in [0.717, 1.165) is 22.7 Å². The van der Waals surface area contributed by atoms with Gasteiger partial charge in [0.2, 0.25) is 0 Å². The largest absolute Gasteiger partial charge is 0.497 e. The van der Waals surface area contributed by atoms with Gasteiger partial charge < -0.3 is 25.3 Å². The lowest BCUT2D eigenvalue weighted by Crippen LogP contribution is -2.09. The molecule has 0 aliphatic rings. The van der Waals surface area contributed by atoms with E-state index in [1.165, 1.54) is 0 Å². The van der Waals surface area contributed by atoms with Gasteiger partial charge in [-0.15, -0.1) is 0 Å². The molecule has 3 N–H and O–H groups in total. The molecule has 0 saturated heterocycles. The van der Waals surface area contributed by atoms with Crippen LogP contribution in [0.1, 0.15) is 5.56 Å². The number of benzene rings is 2. The normalized spacial score (nSPS) is 10.3. The first-order chi connectivity index (χ1) is 10.7. The molecule has 0 amide bonds. The second-order valence-corrected chi connectivity index (χ2v) is 4.81. The summed E-state index contributed by atoms with van der Waals surface area (Å²) in [7, 11) is 3.32. The lowest BCUT2D eigenvalue weighted by Gasteiger charge is -2.12. The Kier molecular flexibility index (Phi) is 5.91. The summed E-state index contributed by atoms with van der Waals surface area (Å²) >= 11 is 0. The van der Waals surface area contributed by atoms with Gasteiger partial charge in [-0.3, -0.25) is 0 Å². The van der Waals surface area contributed by atoms with Crippen molar-refractivity contribution in [1.29, 1.82) is 0 Å². The van der Waals surface area contributed by atoms with E-state index in [4.69, 9.17) is 19.9 Å². The number of rotatable bonds is 8. The Labute approximate surface area is 131 Å². The Morgan fingerprint density at radius 1 is 1.00 bits per heavy atom. The first-order valence-corrected chi connectivity index (χ1v) is 7.11. The first kappa shape index (κ1) is 16.0. The molecule has 0 spiro atoms. The van der Waals surface area contributed by atoms with E-state index in [2.05, 4.69) is 5.32 Å². The number of nitrogens with two attached hydrogens (primary N) is 1. The molecule has 2 rings (SSSR count). The van der Waals surface area contributed by atoms with Crippen LogP contribution in [0.15, 0.2) is 42.5 Å². The van der Waals surface area contributed by atoms with Gasteiger partial charge in [0.1, 0.15) is 18.1 Å². The SMILES string of the molecule is COCCNc1ccc(OCc2ccc(OC)cc2)cc1N. The zero-order valence-electron chi connectivity index (χ0n) is 13.0. The van der Waals surface area contributed by atoms with Crippen LogP contribution in [-0.4, -0.2) is 27.4 Å². The van der Waals surface area contributed by atoms with Crippen molar-refractivity contribution in [1.82, 2.24) is 0 Å². The van der Waals surface area contributed by atoms with E-state index in [0.29, 0.717) is 25.4 Å². The lowest BCUT2D eigenvalue weighted by molar-refractivity contribution is 0.211. The molecule has 0 saturated carbocycles. The van der Waals surface area contributed by atoms with Gasteiger partial charge in [0.25, 0.3) is 0 Å². The zero-order valence-corrected chi connectivity index (χ0v) is 13.0. The summed E-state index contributed by atoms with van der Waals surface area (Å²) in [6.07, 6.45) is 0. The molecule has 5 nitrogen and oxygen atoms in total. The third-order valence-electron chi connectivity index (χ3n) is 3.21. The van der Waals surface area contributed by atoms with Crippen LogP contribution >= 0.6 is 0 Å². The number of hydrogen-bond acceptors (Lipinski definition) is 5. The molecule has 0 bridgehead atoms. The van der Waals surface area contributed by atoms with Gasteiger partial charge in [0.05, 0.1) is 25.1 Å². The molecule has 2 aromatic carbocycles. The molecule has 0 radical (unpaired) electrons. The van der Waals surface area contributed by atoms with Gasteiger partial charge >= 0.3 is 0 Å². The average molecular weight is 302 g/mol. The Hall–Kier alpha value is -2.40. The Balaban J connectivity index is 1.91. The van der Waals surface area contributed by atoms with Crippen LogP contribution in [-0.2, 0) is 11.3 Å². The minimum atomic E-state index is 0.486. The summed E-state index contributed by atoms with van der Waals surface area (Å²) in [6.45, 7) is 1.84. The maximum Gasteiger partial charge on any atom is 0.122 e. The predicted molar refractivity (Wildman–Crippen MR) is 88.5 cm³/mol. The number of nitrogen functional groups attached to an aromatic ring is 1. The predicted octanol–water partition coefficient (Wildman–Crippen LogP) is 2.91. The highest BCUT2D eigenvalue weighted by Crippen LogP contribution is 2.25. The maximum absolute atomic E-state index is 6.01. The summed E-state index contributed by atoms with van der Waals surface area (Å²) in [6, 6.07) is 13.4. The fraction of sp³-hybridized carbons (Fsp3) is 0.294. The minimum Gasteiger partial charge on any atom is -0.497 e. The minimum absolute atomic E-state index is 0.486. The first-order valence-electron chi connectivity index (χ1n) is 7.11. The Bertz CT molecular complexity index is 585. The number of anilines is 2. The van der Waals surface area contributed by atoms with Crippen molar-refractivity contribution < 1.29 is 14.2 Å². The van der Waals surface area contributed by atoms with Crippen molar-refractivity contribution in [3.05, 3.63) is 48.0 Å². The lowest BCUT2D eigenvalue weighted by atomic mass is 10.2. The van der Waals surface area contributed by atoms with Crippen LogP contribution in [0, 0.1) is 0 Å². The molecule has 0 atom stereocenters. The molecule has 118 valence electrons. The fourth-order valence-corrected chi connectivity index (χ4v) is 1.97. The molecular formula is C17H22N2O3. The summed E-state index contributed by atoms with van der Waals surface area (Å²) in [5.41, 5.74) is 8.62. The summed E-state index contributed by atoms with van der Waals surface area (Å²) in [5.74, 6) is 1.57. The maximum atomic E-state index is 6.01. The monoisotopic (exact) mass is 302 g/mol. The van der Waals surface area contributed by atoms with Crippen molar-refractivity contribution in [3.63, 3.8) is 0 Å². The molecule has 22 heavy (non-hydrogen) atoms. The standard InChI is InChI=1S/C17H22N2O3/c1-20-10-9-19-17-8-7-15(11-16(17)18)22-12-13-3-5-14(21-2)6-4-13/h3-8,11,19H,9-10,12,18H2,1-2H3. The quantitative estimate of drug-likeness (QED) is 0.580. The molecule has 0 aromatic heterocycles. The van der Waals surface area contributed by atoms with Crippen LogP contribution in [0.4, 0.5) is 11.4 Å². The molecular weight excluding hydrogens is 280 g/mol. The fourth-order valence-electron chi connectivity index (χ4n) is 1.97. The van der Waals surface area contributed by atoms with E-state index < -0.39 is 0 Å². The topological polar surface area (TPSA) is 65.7 Å². The van der Waals surface area contributed by atoms with E-state index >= 15 is 0 Å². The molecule has 0 fully saturated rings. The molecule has 5 heteroatoms. The molecule has 0 unspecified atom stereocenters. The smallest absolute Gasteiger partial charge is 0.122 e. The van der Waals surface area contributed by atoms with Crippen molar-refractivity contribution in [2.24, 2.45) is 0 Å². The van der Waals surface area contributed by atoms with Gasteiger partial charge in [-0.1, -0.05) is 12.1 Å². The van der Waals surface area contributed by atoms with E-state index in [1.807, 2.05) is 42.5 Å². The van der Waals surface area contributed by atoms with Crippen LogP contribution in [0.3, 0.4) is 0 Å². The summed E-state index contributed by atoms with van der Waals surface area (Å²) < 4.78 is 15.9. The van der Waals surface area contributed by atoms with Gasteiger partial charge in [-0.2, -0.15) is 0 Å².